The first-order chi connectivity index (χ1) is 10.5. The lowest BCUT2D eigenvalue weighted by molar-refractivity contribution is -0.111. The van der Waals surface area contributed by atoms with Gasteiger partial charge in [0, 0.05) is 17.7 Å². The van der Waals surface area contributed by atoms with Crippen molar-refractivity contribution in [3.8, 4) is 0 Å². The number of hydrogen-bond donors (Lipinski definition) is 1. The van der Waals surface area contributed by atoms with Gasteiger partial charge in [0.05, 0.1) is 0 Å². The number of aryl methyl sites for hydroxylation is 1. The normalized spacial score (nSPS) is 20.3. The molecular formula is C18H18FNO2. The van der Waals surface area contributed by atoms with E-state index in [1.165, 1.54) is 18.2 Å². The molecule has 0 radical (unpaired) electrons. The van der Waals surface area contributed by atoms with Crippen LogP contribution in [0.1, 0.15) is 36.3 Å². The highest BCUT2D eigenvalue weighted by Gasteiger charge is 2.36. The van der Waals surface area contributed by atoms with Crippen molar-refractivity contribution in [2.75, 3.05) is 5.32 Å². The first-order valence-electron chi connectivity index (χ1n) is 7.38. The lowest BCUT2D eigenvalue weighted by Gasteiger charge is -2.05. The van der Waals surface area contributed by atoms with Gasteiger partial charge in [0.15, 0.2) is 0 Å². The van der Waals surface area contributed by atoms with Gasteiger partial charge in [-0.25, -0.2) is 4.39 Å². The molecule has 1 fully saturated rings. The Labute approximate surface area is 128 Å². The first kappa shape index (κ1) is 14.6. The van der Waals surface area contributed by atoms with E-state index in [1.54, 1.807) is 12.1 Å². The largest absolute Gasteiger partial charge is 0.461 e. The summed E-state index contributed by atoms with van der Waals surface area (Å²) < 4.78 is 18.9. The molecule has 0 aliphatic heterocycles. The number of hydrogen-bond acceptors (Lipinski definition) is 2. The predicted octanol–water partition coefficient (Wildman–Crippen LogP) is 4.50. The van der Waals surface area contributed by atoms with Crippen LogP contribution in [0.5, 0.6) is 0 Å². The van der Waals surface area contributed by atoms with E-state index in [0.29, 0.717) is 23.3 Å². The SMILES string of the molecule is Cc1ccc(F)cc1NC(=O)/C=C/c1ccc([C@@H]2C[C@@H]2C)o1. The van der Waals surface area contributed by atoms with Crippen molar-refractivity contribution < 1.29 is 13.6 Å². The number of halogens is 1. The van der Waals surface area contributed by atoms with Gasteiger partial charge in [0.1, 0.15) is 17.3 Å². The van der Waals surface area contributed by atoms with Crippen LogP contribution in [0.4, 0.5) is 10.1 Å². The van der Waals surface area contributed by atoms with E-state index >= 15 is 0 Å². The van der Waals surface area contributed by atoms with E-state index in [0.717, 1.165) is 17.7 Å². The number of carbonyl (C=O) groups excluding carboxylic acids is 1. The molecule has 0 saturated heterocycles. The summed E-state index contributed by atoms with van der Waals surface area (Å²) in [7, 11) is 0. The van der Waals surface area contributed by atoms with Crippen molar-refractivity contribution >= 4 is 17.7 Å². The molecular weight excluding hydrogens is 281 g/mol. The molecule has 1 amide bonds. The molecule has 1 aliphatic carbocycles. The van der Waals surface area contributed by atoms with E-state index in [9.17, 15) is 9.18 Å². The second-order valence-electron chi connectivity index (χ2n) is 5.84. The minimum absolute atomic E-state index is 0.313. The average molecular weight is 299 g/mol. The van der Waals surface area contributed by atoms with E-state index in [1.807, 2.05) is 19.1 Å². The van der Waals surface area contributed by atoms with Gasteiger partial charge in [-0.2, -0.15) is 0 Å². The number of carbonyl (C=O) groups is 1. The van der Waals surface area contributed by atoms with Crippen molar-refractivity contribution in [3.63, 3.8) is 0 Å². The molecule has 0 bridgehead atoms. The topological polar surface area (TPSA) is 42.2 Å². The number of amides is 1. The molecule has 1 aromatic heterocycles. The fourth-order valence-corrected chi connectivity index (χ4v) is 2.44. The maximum absolute atomic E-state index is 13.2. The maximum atomic E-state index is 13.2. The minimum atomic E-state index is -0.376. The smallest absolute Gasteiger partial charge is 0.248 e. The van der Waals surface area contributed by atoms with Crippen LogP contribution in [-0.4, -0.2) is 5.91 Å². The molecule has 1 aliphatic rings. The number of benzene rings is 1. The monoisotopic (exact) mass is 299 g/mol. The lowest BCUT2D eigenvalue weighted by Crippen LogP contribution is -2.09. The third kappa shape index (κ3) is 3.27. The average Bonchev–Trinajstić information content (AvgIpc) is 3.02. The summed E-state index contributed by atoms with van der Waals surface area (Å²) in [6.45, 7) is 4.01. The maximum Gasteiger partial charge on any atom is 0.248 e. The van der Waals surface area contributed by atoms with Crippen molar-refractivity contribution in [1.82, 2.24) is 0 Å². The predicted molar refractivity (Wildman–Crippen MR) is 84.0 cm³/mol. The van der Waals surface area contributed by atoms with Gasteiger partial charge in [-0.15, -0.1) is 0 Å². The molecule has 0 unspecified atom stereocenters. The van der Waals surface area contributed by atoms with Crippen LogP contribution >= 0.6 is 0 Å². The van der Waals surface area contributed by atoms with Crippen molar-refractivity contribution in [3.05, 3.63) is 59.3 Å². The highest BCUT2D eigenvalue weighted by Crippen LogP contribution is 2.47. The molecule has 22 heavy (non-hydrogen) atoms. The number of furan rings is 1. The van der Waals surface area contributed by atoms with Crippen LogP contribution in [0, 0.1) is 18.7 Å². The van der Waals surface area contributed by atoms with Crippen molar-refractivity contribution in [2.24, 2.45) is 5.92 Å². The Kier molecular flexibility index (Phi) is 3.84. The highest BCUT2D eigenvalue weighted by atomic mass is 19.1. The van der Waals surface area contributed by atoms with Crippen molar-refractivity contribution in [1.29, 1.82) is 0 Å². The summed E-state index contributed by atoms with van der Waals surface area (Å²) in [5, 5.41) is 2.66. The molecule has 4 heteroatoms. The fraction of sp³-hybridized carbons (Fsp3) is 0.278. The molecule has 1 aromatic carbocycles. The Morgan fingerprint density at radius 2 is 2.14 bits per heavy atom. The Morgan fingerprint density at radius 3 is 2.86 bits per heavy atom. The molecule has 3 rings (SSSR count). The van der Waals surface area contributed by atoms with Crippen LogP contribution in [0.25, 0.3) is 6.08 Å². The summed E-state index contributed by atoms with van der Waals surface area (Å²) in [6.07, 6.45) is 4.18. The van der Waals surface area contributed by atoms with Crippen LogP contribution in [0.2, 0.25) is 0 Å². The summed E-state index contributed by atoms with van der Waals surface area (Å²) in [6, 6.07) is 8.12. The van der Waals surface area contributed by atoms with Crippen LogP contribution in [0.15, 0.2) is 40.8 Å². The van der Waals surface area contributed by atoms with Gasteiger partial charge in [-0.05, 0) is 55.2 Å². The fourth-order valence-electron chi connectivity index (χ4n) is 2.44. The molecule has 1 saturated carbocycles. The Balaban J connectivity index is 1.63. The number of anilines is 1. The van der Waals surface area contributed by atoms with E-state index in [2.05, 4.69) is 12.2 Å². The van der Waals surface area contributed by atoms with Gasteiger partial charge in [0.25, 0.3) is 0 Å². The van der Waals surface area contributed by atoms with Crippen molar-refractivity contribution in [2.45, 2.75) is 26.2 Å². The van der Waals surface area contributed by atoms with Gasteiger partial charge < -0.3 is 9.73 Å². The number of rotatable bonds is 4. The Bertz CT molecular complexity index is 732. The molecule has 3 nitrogen and oxygen atoms in total. The second-order valence-corrected chi connectivity index (χ2v) is 5.84. The zero-order valence-corrected chi connectivity index (χ0v) is 12.6. The Morgan fingerprint density at radius 1 is 1.36 bits per heavy atom. The number of nitrogens with one attached hydrogen (secondary N) is 1. The molecule has 0 spiro atoms. The first-order valence-corrected chi connectivity index (χ1v) is 7.38. The standard InChI is InChI=1S/C18H18FNO2/c1-11-3-4-13(19)10-16(11)20-18(21)8-6-14-5-7-17(22-14)15-9-12(15)2/h3-8,10,12,15H,9H2,1-2H3,(H,20,21)/b8-6+/t12-,15+/m0/s1. The summed E-state index contributed by atoms with van der Waals surface area (Å²) >= 11 is 0. The minimum Gasteiger partial charge on any atom is -0.461 e. The van der Waals surface area contributed by atoms with Gasteiger partial charge in [0.2, 0.25) is 5.91 Å². The van der Waals surface area contributed by atoms with E-state index < -0.39 is 0 Å². The van der Waals surface area contributed by atoms with Crippen LogP contribution in [0.3, 0.4) is 0 Å². The highest BCUT2D eigenvalue weighted by molar-refractivity contribution is 6.02. The van der Waals surface area contributed by atoms with Gasteiger partial charge >= 0.3 is 0 Å². The van der Waals surface area contributed by atoms with Gasteiger partial charge in [-0.3, -0.25) is 4.79 Å². The summed E-state index contributed by atoms with van der Waals surface area (Å²) in [5.41, 5.74) is 1.28. The third-order valence-corrected chi connectivity index (χ3v) is 3.98. The van der Waals surface area contributed by atoms with E-state index in [-0.39, 0.29) is 11.7 Å². The molecule has 1 heterocycles. The van der Waals surface area contributed by atoms with Crippen LogP contribution in [-0.2, 0) is 4.79 Å². The quantitative estimate of drug-likeness (QED) is 0.844. The zero-order valence-electron chi connectivity index (χ0n) is 12.6. The molecule has 1 N–H and O–H groups in total. The second kappa shape index (κ2) is 5.79. The Hall–Kier alpha value is -2.36. The summed E-state index contributed by atoms with van der Waals surface area (Å²) in [4.78, 5) is 11.9. The van der Waals surface area contributed by atoms with Crippen LogP contribution < -0.4 is 5.32 Å². The third-order valence-electron chi connectivity index (χ3n) is 3.98. The lowest BCUT2D eigenvalue weighted by atomic mass is 10.2. The summed E-state index contributed by atoms with van der Waals surface area (Å²) in [5.74, 6) is 2.15. The molecule has 2 aromatic rings. The zero-order chi connectivity index (χ0) is 15.7. The van der Waals surface area contributed by atoms with Gasteiger partial charge in [-0.1, -0.05) is 13.0 Å². The van der Waals surface area contributed by atoms with E-state index in [4.69, 9.17) is 4.42 Å². The molecule has 114 valence electrons. The molecule has 2 atom stereocenters.